The van der Waals surface area contributed by atoms with Gasteiger partial charge in [0.05, 0.1) is 24.0 Å². The predicted molar refractivity (Wildman–Crippen MR) is 82.5 cm³/mol. The molecule has 2 rings (SSSR count). The highest BCUT2D eigenvalue weighted by Crippen LogP contribution is 2.37. The quantitative estimate of drug-likeness (QED) is 0.392. The van der Waals surface area contributed by atoms with Gasteiger partial charge in [-0.25, -0.2) is 0 Å². The van der Waals surface area contributed by atoms with E-state index in [-0.39, 0.29) is 17.3 Å². The molecular formula is C12H10N2O5S2. The van der Waals surface area contributed by atoms with Crippen molar-refractivity contribution in [2.75, 3.05) is 14.2 Å². The summed E-state index contributed by atoms with van der Waals surface area (Å²) < 4.78 is 10.5. The van der Waals surface area contributed by atoms with Crippen molar-refractivity contribution >= 4 is 46.0 Å². The Kier molecular flexibility index (Phi) is 4.43. The van der Waals surface area contributed by atoms with Gasteiger partial charge in [0.25, 0.3) is 5.91 Å². The monoisotopic (exact) mass is 326 g/mol. The molecule has 1 amide bonds. The molecule has 1 N–H and O–H groups in total. The van der Waals surface area contributed by atoms with Crippen LogP contribution in [-0.4, -0.2) is 29.4 Å². The largest absolute Gasteiger partial charge is 0.496 e. The molecule has 0 bridgehead atoms. The molecule has 0 saturated carbocycles. The van der Waals surface area contributed by atoms with Crippen LogP contribution in [0.15, 0.2) is 17.0 Å². The molecule has 0 atom stereocenters. The Bertz CT molecular complexity index is 672. The van der Waals surface area contributed by atoms with Crippen molar-refractivity contribution < 1.29 is 19.2 Å². The number of nitro groups is 1. The van der Waals surface area contributed by atoms with Crippen molar-refractivity contribution in [2.24, 2.45) is 0 Å². The predicted octanol–water partition coefficient (Wildman–Crippen LogP) is 2.10. The first-order chi connectivity index (χ1) is 9.96. The third kappa shape index (κ3) is 3.14. The van der Waals surface area contributed by atoms with Crippen LogP contribution in [0.1, 0.15) is 5.56 Å². The first-order valence-corrected chi connectivity index (χ1v) is 6.84. The summed E-state index contributed by atoms with van der Waals surface area (Å²) in [5, 5.41) is 13.5. The Morgan fingerprint density at radius 3 is 2.48 bits per heavy atom. The minimum absolute atomic E-state index is 0.0815. The van der Waals surface area contributed by atoms with Crippen LogP contribution >= 0.6 is 24.0 Å². The standard InChI is InChI=1S/C12H10N2O5S2/c1-18-8-5-9(19-2)7(14(16)17)3-6(8)4-10-11(15)13-12(20)21-10/h3-5H,1-2H3,(H,13,15,20). The number of benzene rings is 1. The number of thioether (sulfide) groups is 1. The summed E-state index contributed by atoms with van der Waals surface area (Å²) in [6, 6.07) is 2.69. The van der Waals surface area contributed by atoms with Crippen LogP contribution in [0, 0.1) is 10.1 Å². The number of hydrogen-bond acceptors (Lipinski definition) is 7. The van der Waals surface area contributed by atoms with Gasteiger partial charge in [-0.3, -0.25) is 14.9 Å². The van der Waals surface area contributed by atoms with E-state index in [4.69, 9.17) is 21.7 Å². The Morgan fingerprint density at radius 2 is 2.00 bits per heavy atom. The molecule has 1 aliphatic heterocycles. The molecule has 1 saturated heterocycles. The average molecular weight is 326 g/mol. The van der Waals surface area contributed by atoms with Crippen LogP contribution in [0.4, 0.5) is 5.69 Å². The maximum absolute atomic E-state index is 11.6. The third-order valence-electron chi connectivity index (χ3n) is 2.66. The van der Waals surface area contributed by atoms with E-state index >= 15 is 0 Å². The Labute approximate surface area is 129 Å². The van der Waals surface area contributed by atoms with Gasteiger partial charge in [0.15, 0.2) is 0 Å². The summed E-state index contributed by atoms with van der Waals surface area (Å²) >= 11 is 5.98. The molecule has 0 spiro atoms. The highest BCUT2D eigenvalue weighted by Gasteiger charge is 2.24. The summed E-state index contributed by atoms with van der Waals surface area (Å²) in [4.78, 5) is 22.5. The van der Waals surface area contributed by atoms with E-state index in [9.17, 15) is 14.9 Å². The second-order valence-corrected chi connectivity index (χ2v) is 5.59. The number of hydrogen-bond donors (Lipinski definition) is 1. The summed E-state index contributed by atoms with van der Waals surface area (Å²) in [5.41, 5.74) is 0.184. The Morgan fingerprint density at radius 1 is 1.33 bits per heavy atom. The lowest BCUT2D eigenvalue weighted by Crippen LogP contribution is -2.17. The average Bonchev–Trinajstić information content (AvgIpc) is 2.76. The molecule has 1 aromatic carbocycles. The van der Waals surface area contributed by atoms with Gasteiger partial charge in [-0.1, -0.05) is 24.0 Å². The fraction of sp³-hybridized carbons (Fsp3) is 0.167. The topological polar surface area (TPSA) is 90.7 Å². The highest BCUT2D eigenvalue weighted by atomic mass is 32.2. The summed E-state index contributed by atoms with van der Waals surface area (Å²) in [5.74, 6) is 0.0970. The second kappa shape index (κ2) is 6.10. The lowest BCUT2D eigenvalue weighted by Gasteiger charge is -2.08. The Balaban J connectivity index is 2.55. The van der Waals surface area contributed by atoms with Gasteiger partial charge >= 0.3 is 5.69 Å². The van der Waals surface area contributed by atoms with Crippen molar-refractivity contribution in [1.82, 2.24) is 5.32 Å². The molecule has 0 unspecified atom stereocenters. The number of nitrogens with zero attached hydrogens (tertiary/aromatic N) is 1. The van der Waals surface area contributed by atoms with Gasteiger partial charge < -0.3 is 14.8 Å². The van der Waals surface area contributed by atoms with E-state index in [0.29, 0.717) is 20.5 Å². The van der Waals surface area contributed by atoms with Crippen LogP contribution in [-0.2, 0) is 4.79 Å². The minimum atomic E-state index is -0.563. The van der Waals surface area contributed by atoms with E-state index in [2.05, 4.69) is 5.32 Å². The number of carbonyl (C=O) groups is 1. The van der Waals surface area contributed by atoms with E-state index in [1.54, 1.807) is 0 Å². The SMILES string of the molecule is COc1cc(OC)c([N+](=O)[O-])cc1C=C1SC(=S)NC1=O. The van der Waals surface area contributed by atoms with Crippen molar-refractivity contribution in [3.8, 4) is 11.5 Å². The van der Waals surface area contributed by atoms with Crippen LogP contribution in [0.3, 0.4) is 0 Å². The van der Waals surface area contributed by atoms with Crippen molar-refractivity contribution in [1.29, 1.82) is 0 Å². The van der Waals surface area contributed by atoms with Crippen molar-refractivity contribution in [3.05, 3.63) is 32.7 Å². The molecular weight excluding hydrogens is 316 g/mol. The molecule has 1 heterocycles. The van der Waals surface area contributed by atoms with Crippen LogP contribution < -0.4 is 14.8 Å². The van der Waals surface area contributed by atoms with Crippen LogP contribution in [0.2, 0.25) is 0 Å². The highest BCUT2D eigenvalue weighted by molar-refractivity contribution is 8.26. The summed E-state index contributed by atoms with van der Waals surface area (Å²) in [6.07, 6.45) is 1.49. The molecule has 21 heavy (non-hydrogen) atoms. The van der Waals surface area contributed by atoms with Crippen molar-refractivity contribution in [2.45, 2.75) is 0 Å². The smallest absolute Gasteiger partial charge is 0.311 e. The van der Waals surface area contributed by atoms with Gasteiger partial charge in [-0.05, 0) is 6.08 Å². The maximum Gasteiger partial charge on any atom is 0.311 e. The van der Waals surface area contributed by atoms with Gasteiger partial charge in [-0.2, -0.15) is 0 Å². The summed E-state index contributed by atoms with van der Waals surface area (Å²) in [6.45, 7) is 0. The molecule has 0 aliphatic carbocycles. The second-order valence-electron chi connectivity index (χ2n) is 3.88. The van der Waals surface area contributed by atoms with Gasteiger partial charge in [0.2, 0.25) is 5.75 Å². The van der Waals surface area contributed by atoms with E-state index in [0.717, 1.165) is 11.8 Å². The van der Waals surface area contributed by atoms with Crippen LogP contribution in [0.5, 0.6) is 11.5 Å². The molecule has 7 nitrogen and oxygen atoms in total. The number of nitrogens with one attached hydrogen (secondary N) is 1. The minimum Gasteiger partial charge on any atom is -0.496 e. The van der Waals surface area contributed by atoms with Gasteiger partial charge in [0, 0.05) is 17.7 Å². The molecule has 9 heteroatoms. The Hall–Kier alpha value is -2.13. The zero-order chi connectivity index (χ0) is 15.6. The number of rotatable bonds is 4. The fourth-order valence-corrected chi connectivity index (χ4v) is 2.76. The zero-order valence-electron chi connectivity index (χ0n) is 11.0. The number of thiocarbonyl (C=S) groups is 1. The first-order valence-electron chi connectivity index (χ1n) is 5.61. The molecule has 1 aliphatic rings. The maximum atomic E-state index is 11.6. The van der Waals surface area contributed by atoms with Crippen LogP contribution in [0.25, 0.3) is 6.08 Å². The zero-order valence-corrected chi connectivity index (χ0v) is 12.7. The van der Waals surface area contributed by atoms with E-state index in [1.807, 2.05) is 0 Å². The fourth-order valence-electron chi connectivity index (χ4n) is 1.72. The normalized spacial score (nSPS) is 16.0. The van der Waals surface area contributed by atoms with Gasteiger partial charge in [-0.15, -0.1) is 0 Å². The number of methoxy groups -OCH3 is 2. The number of carbonyl (C=O) groups excluding carboxylic acids is 1. The molecule has 1 aromatic rings. The molecule has 0 aromatic heterocycles. The number of nitro benzene ring substituents is 1. The summed E-state index contributed by atoms with van der Waals surface area (Å²) in [7, 11) is 2.76. The molecule has 1 fully saturated rings. The molecule has 0 radical (unpaired) electrons. The lowest BCUT2D eigenvalue weighted by molar-refractivity contribution is -0.385. The lowest BCUT2D eigenvalue weighted by atomic mass is 10.1. The third-order valence-corrected chi connectivity index (χ3v) is 3.82. The number of amides is 1. The number of ether oxygens (including phenoxy) is 2. The van der Waals surface area contributed by atoms with Crippen molar-refractivity contribution in [3.63, 3.8) is 0 Å². The van der Waals surface area contributed by atoms with Gasteiger partial charge in [0.1, 0.15) is 10.1 Å². The first kappa shape index (κ1) is 15.3. The van der Waals surface area contributed by atoms with E-state index < -0.39 is 4.92 Å². The van der Waals surface area contributed by atoms with E-state index in [1.165, 1.54) is 32.4 Å². The molecule has 110 valence electrons.